The van der Waals surface area contributed by atoms with Crippen LogP contribution in [0.5, 0.6) is 0 Å². The Hall–Kier alpha value is -0.800. The molecule has 1 aliphatic rings. The second-order valence-corrected chi connectivity index (χ2v) is 4.51. The van der Waals surface area contributed by atoms with Crippen molar-refractivity contribution in [3.63, 3.8) is 0 Å². The van der Waals surface area contributed by atoms with Crippen LogP contribution in [-0.4, -0.2) is 24.1 Å². The van der Waals surface area contributed by atoms with Crippen LogP contribution < -0.4 is 10.6 Å². The van der Waals surface area contributed by atoms with E-state index in [1.165, 1.54) is 0 Å². The smallest absolute Gasteiger partial charge is 0.132 e. The van der Waals surface area contributed by atoms with Gasteiger partial charge in [-0.1, -0.05) is 11.6 Å². The summed E-state index contributed by atoms with van der Waals surface area (Å²) in [4.78, 5) is 6.44. The van der Waals surface area contributed by atoms with Gasteiger partial charge >= 0.3 is 0 Å². The van der Waals surface area contributed by atoms with Gasteiger partial charge in [0, 0.05) is 19.1 Å². The van der Waals surface area contributed by atoms with E-state index in [1.807, 2.05) is 13.1 Å². The molecular formula is C11H16ClN3. The van der Waals surface area contributed by atoms with Gasteiger partial charge in [0.2, 0.25) is 0 Å². The first-order chi connectivity index (χ1) is 7.16. The summed E-state index contributed by atoms with van der Waals surface area (Å²) >= 11 is 5.89. The van der Waals surface area contributed by atoms with Crippen molar-refractivity contribution in [1.82, 2.24) is 4.98 Å². The van der Waals surface area contributed by atoms with Crippen LogP contribution in [0, 0.1) is 6.92 Å². The second kappa shape index (κ2) is 4.37. The zero-order chi connectivity index (χ0) is 10.8. The number of piperidine rings is 1. The van der Waals surface area contributed by atoms with E-state index < -0.39 is 0 Å². The Kier molecular flexibility index (Phi) is 3.12. The Morgan fingerprint density at radius 1 is 1.60 bits per heavy atom. The van der Waals surface area contributed by atoms with Crippen molar-refractivity contribution in [3.05, 3.63) is 23.0 Å². The number of aryl methyl sites for hydroxylation is 1. The molecule has 1 aliphatic heterocycles. The normalized spacial score (nSPS) is 21.8. The number of pyridine rings is 1. The molecule has 1 aromatic heterocycles. The van der Waals surface area contributed by atoms with Crippen LogP contribution in [0.4, 0.5) is 5.69 Å². The lowest BCUT2D eigenvalue weighted by molar-refractivity contribution is 0.506. The Morgan fingerprint density at radius 3 is 3.07 bits per heavy atom. The van der Waals surface area contributed by atoms with Crippen LogP contribution in [-0.2, 0) is 0 Å². The van der Waals surface area contributed by atoms with Gasteiger partial charge in [-0.15, -0.1) is 0 Å². The Balaban J connectivity index is 2.18. The highest BCUT2D eigenvalue weighted by Crippen LogP contribution is 2.22. The molecule has 0 saturated carbocycles. The molecule has 2 N–H and O–H groups in total. The average molecular weight is 226 g/mol. The molecule has 0 spiro atoms. The summed E-state index contributed by atoms with van der Waals surface area (Å²) < 4.78 is 0. The van der Waals surface area contributed by atoms with Gasteiger partial charge in [0.05, 0.1) is 11.9 Å². The molecule has 0 amide bonds. The topological polar surface area (TPSA) is 42.1 Å². The van der Waals surface area contributed by atoms with Gasteiger partial charge in [0.15, 0.2) is 0 Å². The van der Waals surface area contributed by atoms with E-state index >= 15 is 0 Å². The lowest BCUT2D eigenvalue weighted by Gasteiger charge is -2.32. The summed E-state index contributed by atoms with van der Waals surface area (Å²) in [5.41, 5.74) is 8.10. The molecule has 0 unspecified atom stereocenters. The molecule has 3 nitrogen and oxygen atoms in total. The highest BCUT2D eigenvalue weighted by Gasteiger charge is 2.17. The quantitative estimate of drug-likeness (QED) is 0.744. The van der Waals surface area contributed by atoms with E-state index in [9.17, 15) is 0 Å². The monoisotopic (exact) mass is 225 g/mol. The van der Waals surface area contributed by atoms with Gasteiger partial charge < -0.3 is 10.6 Å². The van der Waals surface area contributed by atoms with E-state index in [4.69, 9.17) is 17.3 Å². The van der Waals surface area contributed by atoms with Gasteiger partial charge in [-0.2, -0.15) is 0 Å². The summed E-state index contributed by atoms with van der Waals surface area (Å²) in [6, 6.07) is 2.36. The Morgan fingerprint density at radius 2 is 2.40 bits per heavy atom. The molecule has 0 aliphatic carbocycles. The highest BCUT2D eigenvalue weighted by atomic mass is 35.5. The summed E-state index contributed by atoms with van der Waals surface area (Å²) in [6.07, 6.45) is 4.10. The fraction of sp³-hybridized carbons (Fsp3) is 0.545. The van der Waals surface area contributed by atoms with Crippen molar-refractivity contribution in [2.24, 2.45) is 5.73 Å². The molecule has 1 fully saturated rings. The summed E-state index contributed by atoms with van der Waals surface area (Å²) in [6.45, 7) is 3.96. The molecule has 0 bridgehead atoms. The molecule has 2 rings (SSSR count). The number of hydrogen-bond donors (Lipinski definition) is 1. The van der Waals surface area contributed by atoms with Crippen LogP contribution in [0.3, 0.4) is 0 Å². The third-order valence-corrected chi connectivity index (χ3v) is 3.22. The van der Waals surface area contributed by atoms with Crippen LogP contribution in [0.2, 0.25) is 5.15 Å². The SMILES string of the molecule is Cc1cc(N2CCC[C@H](N)C2)cnc1Cl. The molecule has 1 atom stereocenters. The molecule has 15 heavy (non-hydrogen) atoms. The van der Waals surface area contributed by atoms with Gasteiger partial charge in [0.25, 0.3) is 0 Å². The molecule has 0 radical (unpaired) electrons. The van der Waals surface area contributed by atoms with Gasteiger partial charge in [-0.05, 0) is 31.4 Å². The third kappa shape index (κ3) is 2.41. The Labute approximate surface area is 95.2 Å². The average Bonchev–Trinajstić information content (AvgIpc) is 2.22. The maximum absolute atomic E-state index is 5.94. The van der Waals surface area contributed by atoms with Crippen molar-refractivity contribution in [3.8, 4) is 0 Å². The van der Waals surface area contributed by atoms with Gasteiger partial charge in [0.1, 0.15) is 5.15 Å². The number of aromatic nitrogens is 1. The van der Waals surface area contributed by atoms with Gasteiger partial charge in [-0.25, -0.2) is 4.98 Å². The highest BCUT2D eigenvalue weighted by molar-refractivity contribution is 6.30. The fourth-order valence-corrected chi connectivity index (χ4v) is 2.06. The molecule has 4 heteroatoms. The molecule has 0 aromatic carbocycles. The van der Waals surface area contributed by atoms with E-state index in [-0.39, 0.29) is 6.04 Å². The molecule has 1 saturated heterocycles. The second-order valence-electron chi connectivity index (χ2n) is 4.15. The van der Waals surface area contributed by atoms with E-state index in [2.05, 4.69) is 16.0 Å². The molecular weight excluding hydrogens is 210 g/mol. The van der Waals surface area contributed by atoms with E-state index in [1.54, 1.807) is 0 Å². The summed E-state index contributed by atoms with van der Waals surface area (Å²) in [5.74, 6) is 0. The maximum atomic E-state index is 5.94. The number of anilines is 1. The van der Waals surface area contributed by atoms with E-state index in [0.717, 1.165) is 37.2 Å². The molecule has 82 valence electrons. The number of nitrogens with zero attached hydrogens (tertiary/aromatic N) is 2. The largest absolute Gasteiger partial charge is 0.369 e. The van der Waals surface area contributed by atoms with Crippen molar-refractivity contribution in [2.45, 2.75) is 25.8 Å². The summed E-state index contributed by atoms with van der Waals surface area (Å²) in [5, 5.41) is 0.583. The number of hydrogen-bond acceptors (Lipinski definition) is 3. The zero-order valence-corrected chi connectivity index (χ0v) is 9.67. The first-order valence-electron chi connectivity index (χ1n) is 5.29. The first-order valence-corrected chi connectivity index (χ1v) is 5.67. The zero-order valence-electron chi connectivity index (χ0n) is 8.91. The van der Waals surface area contributed by atoms with Crippen LogP contribution >= 0.6 is 11.6 Å². The van der Waals surface area contributed by atoms with Crippen molar-refractivity contribution < 1.29 is 0 Å². The van der Waals surface area contributed by atoms with Crippen LogP contribution in [0.25, 0.3) is 0 Å². The minimum Gasteiger partial charge on any atom is -0.369 e. The number of halogens is 1. The number of nitrogens with two attached hydrogens (primary N) is 1. The molecule has 2 heterocycles. The summed E-state index contributed by atoms with van der Waals surface area (Å²) in [7, 11) is 0. The lowest BCUT2D eigenvalue weighted by Crippen LogP contribution is -2.42. The third-order valence-electron chi connectivity index (χ3n) is 2.82. The van der Waals surface area contributed by atoms with Crippen molar-refractivity contribution in [1.29, 1.82) is 0 Å². The minimum absolute atomic E-state index is 0.287. The predicted molar refractivity (Wildman–Crippen MR) is 63.4 cm³/mol. The standard InChI is InChI=1S/C11H16ClN3/c1-8-5-10(6-14-11(8)12)15-4-2-3-9(13)7-15/h5-6,9H,2-4,7,13H2,1H3/t9-/m0/s1. The van der Waals surface area contributed by atoms with Crippen LogP contribution in [0.1, 0.15) is 18.4 Å². The molecule has 1 aromatic rings. The van der Waals surface area contributed by atoms with Crippen LogP contribution in [0.15, 0.2) is 12.3 Å². The first kappa shape index (κ1) is 10.7. The predicted octanol–water partition coefficient (Wildman–Crippen LogP) is 1.97. The van der Waals surface area contributed by atoms with Crippen molar-refractivity contribution in [2.75, 3.05) is 18.0 Å². The minimum atomic E-state index is 0.287. The number of rotatable bonds is 1. The van der Waals surface area contributed by atoms with E-state index in [0.29, 0.717) is 5.15 Å². The van der Waals surface area contributed by atoms with Crippen molar-refractivity contribution >= 4 is 17.3 Å². The lowest BCUT2D eigenvalue weighted by atomic mass is 10.1. The maximum Gasteiger partial charge on any atom is 0.132 e. The fourth-order valence-electron chi connectivity index (χ4n) is 1.96. The van der Waals surface area contributed by atoms with Gasteiger partial charge in [-0.3, -0.25) is 0 Å². The Bertz CT molecular complexity index is 354.